The first-order valence-corrected chi connectivity index (χ1v) is 8.68. The molecular formula is C19H20BrNO4. The van der Waals surface area contributed by atoms with Gasteiger partial charge in [-0.15, -0.1) is 0 Å². The topological polar surface area (TPSA) is 64.6 Å². The largest absolute Gasteiger partial charge is 0.479 e. The fraction of sp³-hybridized carbons (Fsp3) is 0.263. The smallest absolute Gasteiger partial charge is 0.347 e. The van der Waals surface area contributed by atoms with E-state index in [2.05, 4.69) is 21.2 Å². The second-order valence-corrected chi connectivity index (χ2v) is 6.44. The van der Waals surface area contributed by atoms with Crippen LogP contribution in [-0.2, 0) is 14.3 Å². The van der Waals surface area contributed by atoms with E-state index in [4.69, 9.17) is 9.47 Å². The zero-order chi connectivity index (χ0) is 18.2. The molecule has 0 aromatic heterocycles. The van der Waals surface area contributed by atoms with Gasteiger partial charge in [0.15, 0.2) is 12.7 Å². The molecule has 25 heavy (non-hydrogen) atoms. The van der Waals surface area contributed by atoms with Crippen LogP contribution in [0.4, 0.5) is 0 Å². The van der Waals surface area contributed by atoms with Crippen LogP contribution in [0.1, 0.15) is 25.5 Å². The summed E-state index contributed by atoms with van der Waals surface area (Å²) >= 11 is 3.33. The third-order valence-corrected chi connectivity index (χ3v) is 4.01. The van der Waals surface area contributed by atoms with Crippen molar-refractivity contribution in [3.05, 3.63) is 64.6 Å². The zero-order valence-electron chi connectivity index (χ0n) is 14.1. The molecule has 0 radical (unpaired) electrons. The Bertz CT molecular complexity index is 703. The van der Waals surface area contributed by atoms with Gasteiger partial charge in [0.1, 0.15) is 5.75 Å². The minimum absolute atomic E-state index is 0.163. The van der Waals surface area contributed by atoms with Crippen LogP contribution in [0.15, 0.2) is 59.1 Å². The zero-order valence-corrected chi connectivity index (χ0v) is 15.7. The number of ether oxygens (including phenoxy) is 2. The maximum Gasteiger partial charge on any atom is 0.347 e. The lowest BCUT2D eigenvalue weighted by Crippen LogP contribution is -2.34. The van der Waals surface area contributed by atoms with Crippen molar-refractivity contribution in [3.8, 4) is 5.75 Å². The molecule has 2 aromatic carbocycles. The molecule has 0 spiro atoms. The van der Waals surface area contributed by atoms with Crippen LogP contribution >= 0.6 is 15.9 Å². The molecule has 0 fully saturated rings. The summed E-state index contributed by atoms with van der Waals surface area (Å²) in [5.41, 5.74) is 0.981. The summed E-state index contributed by atoms with van der Waals surface area (Å²) in [5.74, 6) is -0.402. The number of nitrogens with one attached hydrogen (secondary N) is 1. The van der Waals surface area contributed by atoms with E-state index in [0.29, 0.717) is 5.75 Å². The number of carbonyl (C=O) groups is 2. The van der Waals surface area contributed by atoms with Crippen LogP contribution < -0.4 is 10.1 Å². The molecule has 0 saturated heterocycles. The Morgan fingerprint density at radius 1 is 1.04 bits per heavy atom. The first kappa shape index (κ1) is 19.0. The molecule has 0 heterocycles. The van der Waals surface area contributed by atoms with Crippen molar-refractivity contribution in [1.82, 2.24) is 5.32 Å². The summed E-state index contributed by atoms with van der Waals surface area (Å²) in [5, 5.41) is 2.78. The monoisotopic (exact) mass is 405 g/mol. The van der Waals surface area contributed by atoms with Crippen LogP contribution in [0.25, 0.3) is 0 Å². The van der Waals surface area contributed by atoms with Crippen LogP contribution in [0.3, 0.4) is 0 Å². The minimum atomic E-state index is -0.805. The predicted octanol–water partition coefficient (Wildman–Crippen LogP) is 3.64. The number of carbonyl (C=O) groups excluding carboxylic acids is 2. The van der Waals surface area contributed by atoms with E-state index in [-0.39, 0.29) is 18.6 Å². The van der Waals surface area contributed by atoms with Crippen molar-refractivity contribution in [2.24, 2.45) is 0 Å². The van der Waals surface area contributed by atoms with Gasteiger partial charge in [0, 0.05) is 4.47 Å². The second kappa shape index (κ2) is 9.22. The molecule has 0 saturated carbocycles. The Labute approximate surface area is 155 Å². The molecule has 0 bridgehead atoms. The fourth-order valence-electron chi connectivity index (χ4n) is 2.13. The molecule has 0 aliphatic rings. The molecule has 2 atom stereocenters. The predicted molar refractivity (Wildman–Crippen MR) is 98.2 cm³/mol. The lowest BCUT2D eigenvalue weighted by Gasteiger charge is -2.16. The third-order valence-electron chi connectivity index (χ3n) is 3.48. The number of hydrogen-bond acceptors (Lipinski definition) is 4. The third kappa shape index (κ3) is 6.23. The Morgan fingerprint density at radius 3 is 2.32 bits per heavy atom. The molecule has 5 nitrogen and oxygen atoms in total. The Kier molecular flexibility index (Phi) is 7.01. The summed E-state index contributed by atoms with van der Waals surface area (Å²) in [4.78, 5) is 23.9. The average Bonchev–Trinajstić information content (AvgIpc) is 2.62. The van der Waals surface area contributed by atoms with Gasteiger partial charge in [0.05, 0.1) is 6.04 Å². The van der Waals surface area contributed by atoms with Gasteiger partial charge in [-0.25, -0.2) is 4.79 Å². The number of hydrogen-bond donors (Lipinski definition) is 1. The summed E-state index contributed by atoms with van der Waals surface area (Å²) in [6.45, 7) is 3.10. The number of rotatable bonds is 7. The van der Waals surface area contributed by atoms with Gasteiger partial charge in [-0.3, -0.25) is 4.79 Å². The van der Waals surface area contributed by atoms with E-state index < -0.39 is 12.1 Å². The van der Waals surface area contributed by atoms with Crippen molar-refractivity contribution in [2.75, 3.05) is 6.61 Å². The number of esters is 1. The van der Waals surface area contributed by atoms with E-state index >= 15 is 0 Å². The highest BCUT2D eigenvalue weighted by molar-refractivity contribution is 9.10. The van der Waals surface area contributed by atoms with Crippen LogP contribution in [0, 0.1) is 0 Å². The molecule has 1 N–H and O–H groups in total. The number of benzene rings is 2. The Balaban J connectivity index is 1.76. The average molecular weight is 406 g/mol. The molecule has 132 valence electrons. The van der Waals surface area contributed by atoms with Gasteiger partial charge in [-0.1, -0.05) is 46.3 Å². The molecule has 1 amide bonds. The SMILES string of the molecule is CC(Oc1ccc(Br)cc1)C(=O)OCC(=O)NC(C)c1ccccc1. The summed E-state index contributed by atoms with van der Waals surface area (Å²) < 4.78 is 11.4. The summed E-state index contributed by atoms with van der Waals surface area (Å²) in [6.07, 6.45) is -0.805. The van der Waals surface area contributed by atoms with Crippen molar-refractivity contribution in [1.29, 1.82) is 0 Å². The standard InChI is InChI=1S/C19H20BrNO4/c1-13(15-6-4-3-5-7-15)21-18(22)12-24-19(23)14(2)25-17-10-8-16(20)9-11-17/h3-11,13-14H,12H2,1-2H3,(H,21,22). The summed E-state index contributed by atoms with van der Waals surface area (Å²) in [7, 11) is 0. The molecule has 0 aliphatic carbocycles. The number of amides is 1. The van der Waals surface area contributed by atoms with E-state index in [1.165, 1.54) is 0 Å². The van der Waals surface area contributed by atoms with Gasteiger partial charge in [-0.05, 0) is 43.7 Å². The quantitative estimate of drug-likeness (QED) is 0.714. The van der Waals surface area contributed by atoms with Gasteiger partial charge < -0.3 is 14.8 Å². The maximum atomic E-state index is 11.9. The molecule has 2 rings (SSSR count). The molecule has 2 aromatic rings. The van der Waals surface area contributed by atoms with E-state index in [0.717, 1.165) is 10.0 Å². The van der Waals surface area contributed by atoms with Crippen LogP contribution in [-0.4, -0.2) is 24.6 Å². The lowest BCUT2D eigenvalue weighted by atomic mass is 10.1. The number of halogens is 1. The lowest BCUT2D eigenvalue weighted by molar-refractivity contribution is -0.154. The summed E-state index contributed by atoms with van der Waals surface area (Å²) in [6, 6.07) is 16.5. The highest BCUT2D eigenvalue weighted by atomic mass is 79.9. The van der Waals surface area contributed by atoms with E-state index in [1.807, 2.05) is 49.4 Å². The first-order chi connectivity index (χ1) is 12.0. The minimum Gasteiger partial charge on any atom is -0.479 e. The van der Waals surface area contributed by atoms with Crippen LogP contribution in [0.2, 0.25) is 0 Å². The van der Waals surface area contributed by atoms with Gasteiger partial charge in [0.25, 0.3) is 5.91 Å². The highest BCUT2D eigenvalue weighted by Crippen LogP contribution is 2.17. The second-order valence-electron chi connectivity index (χ2n) is 5.52. The molecule has 6 heteroatoms. The van der Waals surface area contributed by atoms with Crippen molar-refractivity contribution >= 4 is 27.8 Å². The van der Waals surface area contributed by atoms with Crippen molar-refractivity contribution < 1.29 is 19.1 Å². The molecular weight excluding hydrogens is 386 g/mol. The molecule has 0 aliphatic heterocycles. The Morgan fingerprint density at radius 2 is 1.68 bits per heavy atom. The Hall–Kier alpha value is -2.34. The van der Waals surface area contributed by atoms with Gasteiger partial charge in [0.2, 0.25) is 0 Å². The van der Waals surface area contributed by atoms with Gasteiger partial charge >= 0.3 is 5.97 Å². The van der Waals surface area contributed by atoms with Crippen molar-refractivity contribution in [3.63, 3.8) is 0 Å². The van der Waals surface area contributed by atoms with Gasteiger partial charge in [-0.2, -0.15) is 0 Å². The van der Waals surface area contributed by atoms with E-state index in [1.54, 1.807) is 19.1 Å². The first-order valence-electron chi connectivity index (χ1n) is 7.89. The highest BCUT2D eigenvalue weighted by Gasteiger charge is 2.18. The normalized spacial score (nSPS) is 12.8. The molecule has 2 unspecified atom stereocenters. The fourth-order valence-corrected chi connectivity index (χ4v) is 2.39. The van der Waals surface area contributed by atoms with Crippen LogP contribution in [0.5, 0.6) is 5.75 Å². The maximum absolute atomic E-state index is 11.9. The van der Waals surface area contributed by atoms with E-state index in [9.17, 15) is 9.59 Å². The van der Waals surface area contributed by atoms with Crippen molar-refractivity contribution in [2.45, 2.75) is 26.0 Å².